The topological polar surface area (TPSA) is 66.6 Å². The van der Waals surface area contributed by atoms with Gasteiger partial charge in [0.15, 0.2) is 0 Å². The van der Waals surface area contributed by atoms with E-state index in [1.54, 1.807) is 21.9 Å². The van der Waals surface area contributed by atoms with Gasteiger partial charge >= 0.3 is 0 Å². The first-order valence-electron chi connectivity index (χ1n) is 8.82. The zero-order chi connectivity index (χ0) is 18.3. The lowest BCUT2D eigenvalue weighted by Crippen LogP contribution is -2.42. The Morgan fingerprint density at radius 3 is 2.65 bits per heavy atom. The molecule has 6 heteroatoms. The van der Waals surface area contributed by atoms with Crippen LogP contribution in [0.1, 0.15) is 18.4 Å². The molecule has 2 heterocycles. The standard InChI is InChI=1S/C20H20ClN3O2/c21-13-6-8-14(9-7-13)23-12-10-16(19(23)25)20(26)24-11-2-3-15-17(22)4-1-5-18(15)24/h1,4-9,16H,2-3,10-12,22H2. The van der Waals surface area contributed by atoms with Crippen molar-refractivity contribution in [3.8, 4) is 0 Å². The Morgan fingerprint density at radius 1 is 1.12 bits per heavy atom. The average Bonchev–Trinajstić information content (AvgIpc) is 3.03. The second-order valence-electron chi connectivity index (χ2n) is 6.75. The number of carbonyl (C=O) groups excluding carboxylic acids is 2. The van der Waals surface area contributed by atoms with Gasteiger partial charge in [-0.05, 0) is 61.2 Å². The minimum atomic E-state index is -0.641. The van der Waals surface area contributed by atoms with E-state index in [2.05, 4.69) is 0 Å². The Morgan fingerprint density at radius 2 is 1.88 bits per heavy atom. The maximum atomic E-state index is 13.1. The second kappa shape index (κ2) is 6.65. The van der Waals surface area contributed by atoms with Crippen molar-refractivity contribution >= 4 is 40.5 Å². The number of amides is 2. The third-order valence-corrected chi connectivity index (χ3v) is 5.45. The monoisotopic (exact) mass is 369 g/mol. The van der Waals surface area contributed by atoms with Crippen LogP contribution in [0, 0.1) is 5.92 Å². The largest absolute Gasteiger partial charge is 0.398 e. The highest BCUT2D eigenvalue weighted by atomic mass is 35.5. The quantitative estimate of drug-likeness (QED) is 0.652. The lowest BCUT2D eigenvalue weighted by Gasteiger charge is -2.31. The summed E-state index contributed by atoms with van der Waals surface area (Å²) in [6.07, 6.45) is 2.24. The van der Waals surface area contributed by atoms with Crippen LogP contribution in [0.4, 0.5) is 17.1 Å². The molecule has 4 rings (SSSR count). The van der Waals surface area contributed by atoms with Crippen molar-refractivity contribution < 1.29 is 9.59 Å². The van der Waals surface area contributed by atoms with Gasteiger partial charge in [-0.15, -0.1) is 0 Å². The minimum absolute atomic E-state index is 0.127. The van der Waals surface area contributed by atoms with Crippen LogP contribution < -0.4 is 15.5 Å². The van der Waals surface area contributed by atoms with Crippen molar-refractivity contribution in [1.82, 2.24) is 0 Å². The maximum Gasteiger partial charge on any atom is 0.239 e. The summed E-state index contributed by atoms with van der Waals surface area (Å²) >= 11 is 5.92. The molecule has 5 nitrogen and oxygen atoms in total. The van der Waals surface area contributed by atoms with Gasteiger partial charge in [-0.1, -0.05) is 17.7 Å². The fourth-order valence-electron chi connectivity index (χ4n) is 3.86. The van der Waals surface area contributed by atoms with E-state index in [1.807, 2.05) is 30.3 Å². The number of halogens is 1. The zero-order valence-corrected chi connectivity index (χ0v) is 15.1. The highest BCUT2D eigenvalue weighted by Crippen LogP contribution is 2.34. The Bertz CT molecular complexity index is 866. The van der Waals surface area contributed by atoms with Crippen molar-refractivity contribution in [2.24, 2.45) is 5.92 Å². The summed E-state index contributed by atoms with van der Waals surface area (Å²) in [5.74, 6) is -0.913. The summed E-state index contributed by atoms with van der Waals surface area (Å²) in [6, 6.07) is 12.8. The van der Waals surface area contributed by atoms with Crippen molar-refractivity contribution in [3.63, 3.8) is 0 Å². The number of benzene rings is 2. The first kappa shape index (κ1) is 16.9. The van der Waals surface area contributed by atoms with Gasteiger partial charge in [0.25, 0.3) is 0 Å². The molecule has 1 fully saturated rings. The molecule has 2 aliphatic rings. The first-order chi connectivity index (χ1) is 12.6. The fraction of sp³-hybridized carbons (Fsp3) is 0.300. The van der Waals surface area contributed by atoms with E-state index >= 15 is 0 Å². The average molecular weight is 370 g/mol. The fourth-order valence-corrected chi connectivity index (χ4v) is 3.98. The molecule has 134 valence electrons. The molecule has 26 heavy (non-hydrogen) atoms. The molecule has 2 amide bonds. The van der Waals surface area contributed by atoms with Gasteiger partial charge in [0.2, 0.25) is 11.8 Å². The molecule has 2 aromatic rings. The third-order valence-electron chi connectivity index (χ3n) is 5.19. The van der Waals surface area contributed by atoms with Crippen LogP contribution in [0.3, 0.4) is 0 Å². The minimum Gasteiger partial charge on any atom is -0.398 e. The van der Waals surface area contributed by atoms with Gasteiger partial charge < -0.3 is 15.5 Å². The summed E-state index contributed by atoms with van der Waals surface area (Å²) in [7, 11) is 0. The van der Waals surface area contributed by atoms with Gasteiger partial charge in [-0.3, -0.25) is 9.59 Å². The smallest absolute Gasteiger partial charge is 0.239 e. The van der Waals surface area contributed by atoms with E-state index in [0.29, 0.717) is 30.2 Å². The SMILES string of the molecule is Nc1cccc2c1CCCN2C(=O)C1CCN(c2ccc(Cl)cc2)C1=O. The molecule has 2 N–H and O–H groups in total. The van der Waals surface area contributed by atoms with Gasteiger partial charge in [0.1, 0.15) is 5.92 Å². The molecule has 2 aliphatic heterocycles. The molecular formula is C20H20ClN3O2. The van der Waals surface area contributed by atoms with Gasteiger partial charge in [0.05, 0.1) is 0 Å². The Labute approximate surface area is 157 Å². The Kier molecular flexibility index (Phi) is 4.32. The molecule has 0 radical (unpaired) electrons. The van der Waals surface area contributed by atoms with E-state index in [9.17, 15) is 9.59 Å². The zero-order valence-electron chi connectivity index (χ0n) is 14.3. The van der Waals surface area contributed by atoms with E-state index in [1.165, 1.54) is 0 Å². The number of carbonyl (C=O) groups is 2. The van der Waals surface area contributed by atoms with Gasteiger partial charge in [-0.25, -0.2) is 0 Å². The molecule has 0 aliphatic carbocycles. The third kappa shape index (κ3) is 2.82. The lowest BCUT2D eigenvalue weighted by atomic mass is 9.97. The van der Waals surface area contributed by atoms with Gasteiger partial charge in [0, 0.05) is 35.2 Å². The number of rotatable bonds is 2. The van der Waals surface area contributed by atoms with Crippen LogP contribution in [0.15, 0.2) is 42.5 Å². The first-order valence-corrected chi connectivity index (χ1v) is 9.20. The van der Waals surface area contributed by atoms with Gasteiger partial charge in [-0.2, -0.15) is 0 Å². The second-order valence-corrected chi connectivity index (χ2v) is 7.18. The van der Waals surface area contributed by atoms with Crippen molar-refractivity contribution in [1.29, 1.82) is 0 Å². The van der Waals surface area contributed by atoms with Crippen molar-refractivity contribution in [3.05, 3.63) is 53.1 Å². The molecule has 0 bridgehead atoms. The van der Waals surface area contributed by atoms with Crippen LogP contribution >= 0.6 is 11.6 Å². The van der Waals surface area contributed by atoms with Crippen LogP contribution in [0.2, 0.25) is 5.02 Å². The molecule has 0 spiro atoms. The Balaban J connectivity index is 1.58. The normalized spacial score (nSPS) is 19.6. The highest BCUT2D eigenvalue weighted by Gasteiger charge is 2.41. The molecule has 0 saturated carbocycles. The van der Waals surface area contributed by atoms with E-state index < -0.39 is 5.92 Å². The number of nitrogens with zero attached hydrogens (tertiary/aromatic N) is 2. The summed E-state index contributed by atoms with van der Waals surface area (Å²) in [5, 5.41) is 0.621. The number of hydrogen-bond acceptors (Lipinski definition) is 3. The summed E-state index contributed by atoms with van der Waals surface area (Å²) in [6.45, 7) is 1.16. The molecule has 1 saturated heterocycles. The van der Waals surface area contributed by atoms with Crippen LogP contribution in [-0.4, -0.2) is 24.9 Å². The lowest BCUT2D eigenvalue weighted by molar-refractivity contribution is -0.130. The summed E-state index contributed by atoms with van der Waals surface area (Å²) in [4.78, 5) is 29.4. The van der Waals surface area contributed by atoms with E-state index in [0.717, 1.165) is 29.8 Å². The van der Waals surface area contributed by atoms with E-state index in [4.69, 9.17) is 17.3 Å². The molecular weight excluding hydrogens is 350 g/mol. The summed E-state index contributed by atoms with van der Waals surface area (Å²) < 4.78 is 0. The van der Waals surface area contributed by atoms with E-state index in [-0.39, 0.29) is 11.8 Å². The van der Waals surface area contributed by atoms with Crippen LogP contribution in [-0.2, 0) is 16.0 Å². The molecule has 0 aromatic heterocycles. The Hall–Kier alpha value is -2.53. The molecule has 1 atom stereocenters. The number of nitrogen functional groups attached to an aromatic ring is 1. The van der Waals surface area contributed by atoms with Crippen molar-refractivity contribution in [2.45, 2.75) is 19.3 Å². The van der Waals surface area contributed by atoms with Crippen LogP contribution in [0.5, 0.6) is 0 Å². The van der Waals surface area contributed by atoms with Crippen LogP contribution in [0.25, 0.3) is 0 Å². The number of nitrogens with two attached hydrogens (primary N) is 1. The molecule has 2 aromatic carbocycles. The predicted molar refractivity (Wildman–Crippen MR) is 103 cm³/mol. The molecule has 1 unspecified atom stereocenters. The predicted octanol–water partition coefficient (Wildman–Crippen LogP) is 3.25. The number of fused-ring (bicyclic) bond motifs is 1. The number of hydrogen-bond donors (Lipinski definition) is 1. The maximum absolute atomic E-state index is 13.1. The highest BCUT2D eigenvalue weighted by molar-refractivity contribution is 6.30. The number of anilines is 3. The van der Waals surface area contributed by atoms with Crippen molar-refractivity contribution in [2.75, 3.05) is 28.6 Å². The summed E-state index contributed by atoms with van der Waals surface area (Å²) in [5.41, 5.74) is 9.41.